The van der Waals surface area contributed by atoms with Gasteiger partial charge in [-0.15, -0.1) is 0 Å². The maximum atomic E-state index is 12.5. The Morgan fingerprint density at radius 3 is 2.70 bits per heavy atom. The number of aromatic nitrogens is 1. The van der Waals surface area contributed by atoms with Crippen molar-refractivity contribution >= 4 is 0 Å². The lowest BCUT2D eigenvalue weighted by atomic mass is 9.96. The Labute approximate surface area is 194 Å². The second kappa shape index (κ2) is 9.16. The Bertz CT molecular complexity index is 1180. The van der Waals surface area contributed by atoms with Crippen molar-refractivity contribution in [2.75, 3.05) is 6.61 Å². The number of benzene rings is 2. The molecule has 2 aromatic carbocycles. The third-order valence-corrected chi connectivity index (χ3v) is 6.54. The van der Waals surface area contributed by atoms with Crippen LogP contribution in [0.5, 0.6) is 5.75 Å². The van der Waals surface area contributed by atoms with Crippen LogP contribution >= 0.6 is 0 Å². The second-order valence-corrected chi connectivity index (χ2v) is 9.62. The predicted molar refractivity (Wildman–Crippen MR) is 128 cm³/mol. The molecule has 5 nitrogen and oxygen atoms in total. The molecule has 3 heterocycles. The lowest BCUT2D eigenvalue weighted by Crippen LogP contribution is -2.24. The summed E-state index contributed by atoms with van der Waals surface area (Å²) in [6, 6.07) is 19.8. The fourth-order valence-electron chi connectivity index (χ4n) is 4.84. The van der Waals surface area contributed by atoms with E-state index >= 15 is 0 Å². The van der Waals surface area contributed by atoms with Crippen LogP contribution in [0.1, 0.15) is 43.5 Å². The molecule has 1 atom stereocenters. The number of pyridine rings is 1. The zero-order valence-electron chi connectivity index (χ0n) is 19.4. The monoisotopic (exact) mass is 445 g/mol. The minimum absolute atomic E-state index is 0.00959. The first-order chi connectivity index (χ1) is 16.0. The zero-order chi connectivity index (χ0) is 22.8. The Kier molecular flexibility index (Phi) is 6.09. The first-order valence-corrected chi connectivity index (χ1v) is 11.8. The number of rotatable bonds is 7. The molecular formula is C28H31NO4. The fourth-order valence-corrected chi connectivity index (χ4v) is 4.84. The van der Waals surface area contributed by atoms with Gasteiger partial charge in [-0.05, 0) is 62.4 Å². The van der Waals surface area contributed by atoms with Crippen LogP contribution in [-0.2, 0) is 35.7 Å². The maximum Gasteiger partial charge on any atom is 0.182 e. The van der Waals surface area contributed by atoms with Gasteiger partial charge in [0.15, 0.2) is 5.43 Å². The van der Waals surface area contributed by atoms with Gasteiger partial charge in [0.05, 0.1) is 30.6 Å². The third kappa shape index (κ3) is 5.05. The van der Waals surface area contributed by atoms with Crippen molar-refractivity contribution in [1.29, 1.82) is 0 Å². The largest absolute Gasteiger partial charge is 0.489 e. The van der Waals surface area contributed by atoms with E-state index in [2.05, 4.69) is 42.7 Å². The minimum atomic E-state index is -0.0652. The van der Waals surface area contributed by atoms with Gasteiger partial charge < -0.3 is 18.8 Å². The summed E-state index contributed by atoms with van der Waals surface area (Å²) in [7, 11) is 0. The first-order valence-electron chi connectivity index (χ1n) is 11.8. The van der Waals surface area contributed by atoms with E-state index in [1.54, 1.807) is 12.1 Å². The van der Waals surface area contributed by atoms with Crippen molar-refractivity contribution < 1.29 is 14.2 Å². The van der Waals surface area contributed by atoms with E-state index in [1.165, 1.54) is 5.56 Å². The summed E-state index contributed by atoms with van der Waals surface area (Å²) >= 11 is 0. The van der Waals surface area contributed by atoms with Crippen LogP contribution in [0, 0.1) is 0 Å². The number of nitrogens with zero attached hydrogens (tertiary/aromatic N) is 1. The summed E-state index contributed by atoms with van der Waals surface area (Å²) in [6.45, 7) is 6.57. The Balaban J connectivity index is 1.30. The lowest BCUT2D eigenvalue weighted by Gasteiger charge is -2.26. The standard InChI is InChI=1S/C28H31NO4/c1-28(2)12-10-25(33-28)19-31-18-22-15-23(30)16-27-26-9-8-24(14-21(26)11-13-29(22)27)32-17-20-6-4-3-5-7-20/h3-9,14-16,25H,10-13,17-19H2,1-2H3/t25-/m0/s1. The highest BCUT2D eigenvalue weighted by Gasteiger charge is 2.31. The highest BCUT2D eigenvalue weighted by molar-refractivity contribution is 5.67. The molecule has 0 amide bonds. The maximum absolute atomic E-state index is 12.5. The van der Waals surface area contributed by atoms with Crippen molar-refractivity contribution in [3.8, 4) is 17.0 Å². The van der Waals surface area contributed by atoms with Gasteiger partial charge in [0.1, 0.15) is 12.4 Å². The van der Waals surface area contributed by atoms with Crippen LogP contribution in [-0.4, -0.2) is 22.9 Å². The summed E-state index contributed by atoms with van der Waals surface area (Å²) < 4.78 is 20.2. The van der Waals surface area contributed by atoms with Gasteiger partial charge in [0.2, 0.25) is 0 Å². The van der Waals surface area contributed by atoms with Crippen LogP contribution in [0.2, 0.25) is 0 Å². The first kappa shape index (κ1) is 21.9. The second-order valence-electron chi connectivity index (χ2n) is 9.62. The van der Waals surface area contributed by atoms with Gasteiger partial charge in [0, 0.05) is 29.9 Å². The van der Waals surface area contributed by atoms with Crippen molar-refractivity contribution in [3.63, 3.8) is 0 Å². The van der Waals surface area contributed by atoms with Crippen LogP contribution in [0.25, 0.3) is 11.3 Å². The molecule has 5 rings (SSSR count). The molecule has 1 aromatic heterocycles. The zero-order valence-corrected chi connectivity index (χ0v) is 19.4. The van der Waals surface area contributed by atoms with Gasteiger partial charge in [-0.3, -0.25) is 4.79 Å². The molecule has 0 radical (unpaired) electrons. The highest BCUT2D eigenvalue weighted by Crippen LogP contribution is 2.33. The van der Waals surface area contributed by atoms with Crippen LogP contribution < -0.4 is 10.2 Å². The van der Waals surface area contributed by atoms with Crippen molar-refractivity contribution in [2.45, 2.75) is 64.6 Å². The molecule has 0 aliphatic carbocycles. The van der Waals surface area contributed by atoms with E-state index < -0.39 is 0 Å². The molecule has 172 valence electrons. The van der Waals surface area contributed by atoms with Crippen molar-refractivity contribution in [2.24, 2.45) is 0 Å². The summed E-state index contributed by atoms with van der Waals surface area (Å²) in [4.78, 5) is 12.5. The average molecular weight is 446 g/mol. The lowest BCUT2D eigenvalue weighted by molar-refractivity contribution is -0.0569. The van der Waals surface area contributed by atoms with E-state index in [0.29, 0.717) is 19.8 Å². The normalized spacial score (nSPS) is 18.5. The van der Waals surface area contributed by atoms with Crippen molar-refractivity contribution in [1.82, 2.24) is 4.57 Å². The van der Waals surface area contributed by atoms with E-state index in [1.807, 2.05) is 24.3 Å². The Morgan fingerprint density at radius 2 is 1.91 bits per heavy atom. The number of aryl methyl sites for hydroxylation is 1. The molecular weight excluding hydrogens is 414 g/mol. The summed E-state index contributed by atoms with van der Waals surface area (Å²) in [5.41, 5.74) is 5.26. The highest BCUT2D eigenvalue weighted by atomic mass is 16.5. The fraction of sp³-hybridized carbons (Fsp3) is 0.393. The molecule has 0 unspecified atom stereocenters. The molecule has 33 heavy (non-hydrogen) atoms. The van der Waals surface area contributed by atoms with Crippen LogP contribution in [0.15, 0.2) is 65.5 Å². The number of ether oxygens (including phenoxy) is 3. The van der Waals surface area contributed by atoms with E-state index in [9.17, 15) is 4.79 Å². The number of hydrogen-bond acceptors (Lipinski definition) is 4. The van der Waals surface area contributed by atoms with E-state index in [0.717, 1.165) is 54.1 Å². The molecule has 1 saturated heterocycles. The molecule has 0 spiro atoms. The Morgan fingerprint density at radius 1 is 1.06 bits per heavy atom. The molecule has 5 heteroatoms. The van der Waals surface area contributed by atoms with Crippen LogP contribution in [0.3, 0.4) is 0 Å². The molecule has 3 aromatic rings. The molecule has 0 saturated carbocycles. The van der Waals surface area contributed by atoms with E-state index in [4.69, 9.17) is 14.2 Å². The minimum Gasteiger partial charge on any atom is -0.489 e. The SMILES string of the molecule is CC1(C)CC[C@@H](COCc2cc(=O)cc3n2CCc2cc(OCc4ccccc4)ccc2-3)O1. The average Bonchev–Trinajstić information content (AvgIpc) is 3.16. The molecule has 2 aliphatic heterocycles. The summed E-state index contributed by atoms with van der Waals surface area (Å²) in [6.07, 6.45) is 3.09. The third-order valence-electron chi connectivity index (χ3n) is 6.54. The topological polar surface area (TPSA) is 49.7 Å². The van der Waals surface area contributed by atoms with Crippen molar-refractivity contribution in [3.05, 3.63) is 87.7 Å². The van der Waals surface area contributed by atoms with Gasteiger partial charge in [0.25, 0.3) is 0 Å². The van der Waals surface area contributed by atoms with Gasteiger partial charge >= 0.3 is 0 Å². The van der Waals surface area contributed by atoms with Gasteiger partial charge in [-0.25, -0.2) is 0 Å². The predicted octanol–water partition coefficient (Wildman–Crippen LogP) is 5.12. The molecule has 1 fully saturated rings. The van der Waals surface area contributed by atoms with Gasteiger partial charge in [-0.2, -0.15) is 0 Å². The number of hydrogen-bond donors (Lipinski definition) is 0. The quantitative estimate of drug-likeness (QED) is 0.506. The van der Waals surface area contributed by atoms with E-state index in [-0.39, 0.29) is 17.1 Å². The van der Waals surface area contributed by atoms with Crippen LogP contribution in [0.4, 0.5) is 0 Å². The molecule has 0 bridgehead atoms. The summed E-state index contributed by atoms with van der Waals surface area (Å²) in [5.74, 6) is 0.854. The summed E-state index contributed by atoms with van der Waals surface area (Å²) in [5, 5.41) is 0. The van der Waals surface area contributed by atoms with Gasteiger partial charge in [-0.1, -0.05) is 30.3 Å². The Hall–Kier alpha value is -2.89. The molecule has 2 aliphatic rings. The smallest absolute Gasteiger partial charge is 0.182 e. The molecule has 0 N–H and O–H groups in total. The number of fused-ring (bicyclic) bond motifs is 3.